The minimum absolute atomic E-state index is 0.0254. The second-order valence-corrected chi connectivity index (χ2v) is 6.86. The first kappa shape index (κ1) is 18.7. The standard InChI is InChI=1S/C18H24N6O3/c1-11(2)15-21-22-16(27-15)12(3)19-17(25)20-13-5-7-14(8-6-13)24-10-9-23(4)18(24)26/h5-8,11-12H,9-10H2,1-4H3,(H2,19,20,25). The number of likely N-dealkylation sites (N-methyl/N-ethyl adjacent to an activating group) is 1. The zero-order valence-electron chi connectivity index (χ0n) is 15.9. The molecule has 4 amide bonds. The predicted molar refractivity (Wildman–Crippen MR) is 101 cm³/mol. The van der Waals surface area contributed by atoms with Crippen LogP contribution in [0.15, 0.2) is 28.7 Å². The highest BCUT2D eigenvalue weighted by atomic mass is 16.4. The molecule has 1 unspecified atom stereocenters. The van der Waals surface area contributed by atoms with Gasteiger partial charge in [0.05, 0.1) is 0 Å². The molecule has 1 atom stereocenters. The summed E-state index contributed by atoms with van der Waals surface area (Å²) in [6, 6.07) is 6.32. The molecular weight excluding hydrogens is 348 g/mol. The van der Waals surface area contributed by atoms with Crippen LogP contribution in [0.1, 0.15) is 44.5 Å². The Bertz CT molecular complexity index is 817. The predicted octanol–water partition coefficient (Wildman–Crippen LogP) is 2.95. The van der Waals surface area contributed by atoms with Crippen LogP contribution in [0, 0.1) is 0 Å². The van der Waals surface area contributed by atoms with E-state index >= 15 is 0 Å². The fourth-order valence-electron chi connectivity index (χ4n) is 2.69. The van der Waals surface area contributed by atoms with Crippen molar-refractivity contribution in [2.45, 2.75) is 32.7 Å². The number of urea groups is 2. The van der Waals surface area contributed by atoms with Crippen molar-refractivity contribution in [3.8, 4) is 0 Å². The monoisotopic (exact) mass is 372 g/mol. The van der Waals surface area contributed by atoms with Crippen LogP contribution < -0.4 is 15.5 Å². The van der Waals surface area contributed by atoms with E-state index in [1.54, 1.807) is 35.9 Å². The van der Waals surface area contributed by atoms with E-state index in [1.165, 1.54) is 0 Å². The molecule has 144 valence electrons. The lowest BCUT2D eigenvalue weighted by Crippen LogP contribution is -2.31. The van der Waals surface area contributed by atoms with E-state index in [2.05, 4.69) is 20.8 Å². The van der Waals surface area contributed by atoms with Gasteiger partial charge < -0.3 is 20.0 Å². The van der Waals surface area contributed by atoms with Gasteiger partial charge in [-0.25, -0.2) is 9.59 Å². The molecule has 3 rings (SSSR count). The number of nitrogens with zero attached hydrogens (tertiary/aromatic N) is 4. The van der Waals surface area contributed by atoms with Gasteiger partial charge in [0.1, 0.15) is 6.04 Å². The molecule has 27 heavy (non-hydrogen) atoms. The molecule has 0 aliphatic carbocycles. The number of carbonyl (C=O) groups is 2. The number of anilines is 2. The number of nitrogens with one attached hydrogen (secondary N) is 2. The molecule has 1 saturated heterocycles. The van der Waals surface area contributed by atoms with Crippen LogP contribution in [0.4, 0.5) is 21.0 Å². The largest absolute Gasteiger partial charge is 0.423 e. The van der Waals surface area contributed by atoms with Gasteiger partial charge in [-0.3, -0.25) is 4.90 Å². The van der Waals surface area contributed by atoms with Gasteiger partial charge in [-0.2, -0.15) is 0 Å². The Hall–Kier alpha value is -3.10. The third kappa shape index (κ3) is 4.18. The number of carbonyl (C=O) groups excluding carboxylic acids is 2. The highest BCUT2D eigenvalue weighted by Crippen LogP contribution is 2.22. The zero-order valence-corrected chi connectivity index (χ0v) is 15.9. The van der Waals surface area contributed by atoms with Crippen molar-refractivity contribution in [2.24, 2.45) is 0 Å². The van der Waals surface area contributed by atoms with Crippen LogP contribution in [0.3, 0.4) is 0 Å². The van der Waals surface area contributed by atoms with Crippen LogP contribution >= 0.6 is 0 Å². The molecule has 0 spiro atoms. The molecule has 1 aromatic carbocycles. The summed E-state index contributed by atoms with van der Waals surface area (Å²) in [4.78, 5) is 27.6. The smallest absolute Gasteiger partial charge is 0.324 e. The highest BCUT2D eigenvalue weighted by molar-refractivity contribution is 5.94. The molecule has 0 bridgehead atoms. The minimum atomic E-state index is -0.415. The maximum atomic E-state index is 12.2. The Morgan fingerprint density at radius 3 is 2.33 bits per heavy atom. The summed E-state index contributed by atoms with van der Waals surface area (Å²) in [7, 11) is 1.78. The second-order valence-electron chi connectivity index (χ2n) is 6.86. The molecule has 0 saturated carbocycles. The molecule has 1 aliphatic rings. The Morgan fingerprint density at radius 1 is 1.11 bits per heavy atom. The van der Waals surface area contributed by atoms with Crippen molar-refractivity contribution < 1.29 is 14.0 Å². The third-order valence-electron chi connectivity index (χ3n) is 4.32. The third-order valence-corrected chi connectivity index (χ3v) is 4.32. The quantitative estimate of drug-likeness (QED) is 0.840. The molecule has 0 radical (unpaired) electrons. The molecule has 1 fully saturated rings. The van der Waals surface area contributed by atoms with E-state index in [9.17, 15) is 9.59 Å². The van der Waals surface area contributed by atoms with Crippen molar-refractivity contribution in [2.75, 3.05) is 30.4 Å². The Kier molecular flexibility index (Phi) is 5.29. The number of hydrogen-bond acceptors (Lipinski definition) is 5. The lowest BCUT2D eigenvalue weighted by atomic mass is 10.2. The molecular formula is C18H24N6O3. The van der Waals surface area contributed by atoms with Crippen molar-refractivity contribution >= 4 is 23.4 Å². The van der Waals surface area contributed by atoms with E-state index in [1.807, 2.05) is 26.0 Å². The van der Waals surface area contributed by atoms with Crippen molar-refractivity contribution in [1.82, 2.24) is 20.4 Å². The number of hydrogen-bond donors (Lipinski definition) is 2. The second kappa shape index (κ2) is 7.65. The summed E-state index contributed by atoms with van der Waals surface area (Å²) in [5.41, 5.74) is 1.42. The van der Waals surface area contributed by atoms with Crippen molar-refractivity contribution in [3.05, 3.63) is 36.0 Å². The maximum absolute atomic E-state index is 12.2. The first-order valence-corrected chi connectivity index (χ1v) is 8.88. The van der Waals surface area contributed by atoms with Gasteiger partial charge in [-0.1, -0.05) is 13.8 Å². The number of benzene rings is 1. The number of aromatic nitrogens is 2. The number of rotatable bonds is 5. The lowest BCUT2D eigenvalue weighted by molar-refractivity contribution is 0.229. The van der Waals surface area contributed by atoms with Gasteiger partial charge in [-0.05, 0) is 31.2 Å². The van der Waals surface area contributed by atoms with Gasteiger partial charge >= 0.3 is 12.1 Å². The molecule has 2 aromatic rings. The first-order valence-electron chi connectivity index (χ1n) is 8.88. The van der Waals surface area contributed by atoms with E-state index < -0.39 is 6.04 Å². The Morgan fingerprint density at radius 2 is 1.78 bits per heavy atom. The summed E-state index contributed by atoms with van der Waals surface area (Å²) in [6.45, 7) is 7.05. The summed E-state index contributed by atoms with van der Waals surface area (Å²) in [6.07, 6.45) is 0. The molecule has 1 aliphatic heterocycles. The average Bonchev–Trinajstić information content (AvgIpc) is 3.24. The summed E-state index contributed by atoms with van der Waals surface area (Å²) >= 11 is 0. The van der Waals surface area contributed by atoms with E-state index in [0.717, 1.165) is 5.69 Å². The van der Waals surface area contributed by atoms with E-state index in [4.69, 9.17) is 4.42 Å². The topological polar surface area (TPSA) is 104 Å². The average molecular weight is 372 g/mol. The molecule has 2 heterocycles. The maximum Gasteiger partial charge on any atom is 0.324 e. The lowest BCUT2D eigenvalue weighted by Gasteiger charge is -2.17. The van der Waals surface area contributed by atoms with Crippen LogP contribution in [0.25, 0.3) is 0 Å². The number of amides is 4. The van der Waals surface area contributed by atoms with Crippen molar-refractivity contribution in [3.63, 3.8) is 0 Å². The van der Waals surface area contributed by atoms with Crippen LogP contribution in [0.2, 0.25) is 0 Å². The normalized spacial score (nSPS) is 15.4. The molecule has 1 aromatic heterocycles. The summed E-state index contributed by atoms with van der Waals surface area (Å²) in [5, 5.41) is 13.4. The van der Waals surface area contributed by atoms with E-state index in [-0.39, 0.29) is 18.0 Å². The van der Waals surface area contributed by atoms with Gasteiger partial charge in [0.15, 0.2) is 0 Å². The van der Waals surface area contributed by atoms with Gasteiger partial charge in [-0.15, -0.1) is 10.2 Å². The Balaban J connectivity index is 1.56. The first-order chi connectivity index (χ1) is 12.8. The fraction of sp³-hybridized carbons (Fsp3) is 0.444. The Labute approximate surface area is 157 Å². The molecule has 9 nitrogen and oxygen atoms in total. The highest BCUT2D eigenvalue weighted by Gasteiger charge is 2.26. The summed E-state index contributed by atoms with van der Waals surface area (Å²) < 4.78 is 5.54. The van der Waals surface area contributed by atoms with Gasteiger partial charge in [0.2, 0.25) is 11.8 Å². The molecule has 9 heteroatoms. The van der Waals surface area contributed by atoms with Crippen LogP contribution in [0.5, 0.6) is 0 Å². The van der Waals surface area contributed by atoms with Crippen LogP contribution in [-0.4, -0.2) is 47.3 Å². The van der Waals surface area contributed by atoms with Crippen LogP contribution in [-0.2, 0) is 0 Å². The fourth-order valence-corrected chi connectivity index (χ4v) is 2.69. The van der Waals surface area contributed by atoms with Gasteiger partial charge in [0, 0.05) is 37.4 Å². The van der Waals surface area contributed by atoms with Crippen molar-refractivity contribution in [1.29, 1.82) is 0 Å². The zero-order chi connectivity index (χ0) is 19.6. The van der Waals surface area contributed by atoms with E-state index in [0.29, 0.717) is 30.6 Å². The van der Waals surface area contributed by atoms with Gasteiger partial charge in [0.25, 0.3) is 0 Å². The molecule has 2 N–H and O–H groups in total. The SMILES string of the molecule is CC(C)c1nnc(C(C)NC(=O)Nc2ccc(N3CCN(C)C3=O)cc2)o1. The summed E-state index contributed by atoms with van der Waals surface area (Å²) in [5.74, 6) is 1.03. The minimum Gasteiger partial charge on any atom is -0.423 e.